The van der Waals surface area contributed by atoms with E-state index >= 15 is 0 Å². The summed E-state index contributed by atoms with van der Waals surface area (Å²) >= 11 is 0. The maximum Gasteiger partial charge on any atom is 0.261 e. The van der Waals surface area contributed by atoms with Crippen molar-refractivity contribution in [3.8, 4) is 22.8 Å². The molecule has 33 heavy (non-hydrogen) atoms. The SMILES string of the molecule is CCCC[C@](C)(c1ccc(-c2cnc(N)cn2)nc1)c1noc(-c2cnn(CCOC)c2)n1. The lowest BCUT2D eigenvalue weighted by atomic mass is 9.78. The zero-order valence-electron chi connectivity index (χ0n) is 19.1. The van der Waals surface area contributed by atoms with Gasteiger partial charge in [0.25, 0.3) is 5.89 Å². The molecule has 0 aromatic carbocycles. The van der Waals surface area contributed by atoms with Gasteiger partial charge in [-0.05, 0) is 25.0 Å². The third-order valence-corrected chi connectivity index (χ3v) is 5.69. The van der Waals surface area contributed by atoms with E-state index in [1.54, 1.807) is 24.2 Å². The highest BCUT2D eigenvalue weighted by Crippen LogP contribution is 2.36. The summed E-state index contributed by atoms with van der Waals surface area (Å²) in [4.78, 5) is 17.8. The molecule has 0 amide bonds. The van der Waals surface area contributed by atoms with Crippen LogP contribution in [0.5, 0.6) is 0 Å². The predicted molar refractivity (Wildman–Crippen MR) is 123 cm³/mol. The number of hydrogen-bond donors (Lipinski definition) is 1. The summed E-state index contributed by atoms with van der Waals surface area (Å²) in [6, 6.07) is 3.97. The second-order valence-electron chi connectivity index (χ2n) is 8.10. The van der Waals surface area contributed by atoms with Crippen LogP contribution in [0.15, 0.2) is 47.6 Å². The molecular formula is C23H28N8O2. The lowest BCUT2D eigenvalue weighted by molar-refractivity contribution is 0.183. The fraction of sp³-hybridized carbons (Fsp3) is 0.391. The monoisotopic (exact) mass is 448 g/mol. The third kappa shape index (κ3) is 4.90. The lowest BCUT2D eigenvalue weighted by Crippen LogP contribution is -2.25. The van der Waals surface area contributed by atoms with Crippen molar-refractivity contribution < 1.29 is 9.26 Å². The molecule has 2 N–H and O–H groups in total. The molecule has 0 aliphatic carbocycles. The van der Waals surface area contributed by atoms with Crippen molar-refractivity contribution in [1.29, 1.82) is 0 Å². The van der Waals surface area contributed by atoms with Gasteiger partial charge in [0, 0.05) is 19.5 Å². The summed E-state index contributed by atoms with van der Waals surface area (Å²) in [5.41, 5.74) is 8.35. The van der Waals surface area contributed by atoms with Gasteiger partial charge in [0.05, 0.1) is 48.4 Å². The molecule has 0 fully saturated rings. The van der Waals surface area contributed by atoms with Crippen molar-refractivity contribution in [3.05, 3.63) is 54.5 Å². The first-order valence-electron chi connectivity index (χ1n) is 10.9. The predicted octanol–water partition coefficient (Wildman–Crippen LogP) is 3.51. The molecule has 4 aromatic heterocycles. The van der Waals surface area contributed by atoms with Gasteiger partial charge < -0.3 is 15.0 Å². The molecule has 0 saturated carbocycles. The van der Waals surface area contributed by atoms with Gasteiger partial charge in [0.2, 0.25) is 0 Å². The Morgan fingerprint density at radius 2 is 1.94 bits per heavy atom. The first-order valence-corrected chi connectivity index (χ1v) is 10.9. The quantitative estimate of drug-likeness (QED) is 0.387. The molecule has 4 heterocycles. The molecule has 10 heteroatoms. The number of ether oxygens (including phenoxy) is 1. The number of nitrogens with zero attached hydrogens (tertiary/aromatic N) is 7. The van der Waals surface area contributed by atoms with Gasteiger partial charge in [0.1, 0.15) is 11.5 Å². The largest absolute Gasteiger partial charge is 0.383 e. The average molecular weight is 449 g/mol. The van der Waals surface area contributed by atoms with Crippen molar-refractivity contribution in [2.45, 2.75) is 45.1 Å². The van der Waals surface area contributed by atoms with Crippen molar-refractivity contribution in [2.75, 3.05) is 19.5 Å². The Balaban J connectivity index is 1.62. The molecule has 0 aliphatic heterocycles. The van der Waals surface area contributed by atoms with E-state index in [2.05, 4.69) is 39.1 Å². The van der Waals surface area contributed by atoms with Crippen molar-refractivity contribution >= 4 is 5.82 Å². The van der Waals surface area contributed by atoms with Gasteiger partial charge in [-0.25, -0.2) is 9.97 Å². The van der Waals surface area contributed by atoms with E-state index in [4.69, 9.17) is 20.0 Å². The molecule has 0 radical (unpaired) electrons. The van der Waals surface area contributed by atoms with E-state index < -0.39 is 5.41 Å². The molecule has 4 aromatic rings. The maximum absolute atomic E-state index is 5.64. The van der Waals surface area contributed by atoms with Gasteiger partial charge in [-0.15, -0.1) is 0 Å². The summed E-state index contributed by atoms with van der Waals surface area (Å²) < 4.78 is 12.5. The van der Waals surface area contributed by atoms with E-state index in [0.717, 1.165) is 36.1 Å². The summed E-state index contributed by atoms with van der Waals surface area (Å²) in [5.74, 6) is 1.44. The van der Waals surface area contributed by atoms with Crippen molar-refractivity contribution in [2.24, 2.45) is 0 Å². The number of rotatable bonds is 10. The van der Waals surface area contributed by atoms with Crippen LogP contribution < -0.4 is 5.73 Å². The highest BCUT2D eigenvalue weighted by Gasteiger charge is 2.34. The molecule has 0 bridgehead atoms. The van der Waals surface area contributed by atoms with Gasteiger partial charge in [-0.2, -0.15) is 10.1 Å². The summed E-state index contributed by atoms with van der Waals surface area (Å²) in [7, 11) is 1.66. The minimum absolute atomic E-state index is 0.375. The molecule has 1 atom stereocenters. The number of hydrogen-bond acceptors (Lipinski definition) is 9. The van der Waals surface area contributed by atoms with E-state index in [-0.39, 0.29) is 0 Å². The fourth-order valence-electron chi connectivity index (χ4n) is 3.60. The third-order valence-electron chi connectivity index (χ3n) is 5.69. The first-order chi connectivity index (χ1) is 16.0. The van der Waals surface area contributed by atoms with Gasteiger partial charge in [0.15, 0.2) is 5.82 Å². The molecule has 4 rings (SSSR count). The Morgan fingerprint density at radius 3 is 2.64 bits per heavy atom. The zero-order valence-corrected chi connectivity index (χ0v) is 19.1. The van der Waals surface area contributed by atoms with E-state index in [1.807, 2.05) is 24.5 Å². The summed E-state index contributed by atoms with van der Waals surface area (Å²) in [5, 5.41) is 8.68. The van der Waals surface area contributed by atoms with Crippen LogP contribution >= 0.6 is 0 Å². The van der Waals surface area contributed by atoms with Crippen LogP contribution in [-0.4, -0.2) is 48.6 Å². The highest BCUT2D eigenvalue weighted by molar-refractivity contribution is 5.54. The number of methoxy groups -OCH3 is 1. The number of nitrogen functional groups attached to an aromatic ring is 1. The fourth-order valence-corrected chi connectivity index (χ4v) is 3.60. The van der Waals surface area contributed by atoms with Crippen LogP contribution in [0.25, 0.3) is 22.8 Å². The first kappa shape index (κ1) is 22.5. The van der Waals surface area contributed by atoms with Gasteiger partial charge >= 0.3 is 0 Å². The minimum Gasteiger partial charge on any atom is -0.383 e. The molecule has 172 valence electrons. The van der Waals surface area contributed by atoms with Crippen LogP contribution in [-0.2, 0) is 16.7 Å². The van der Waals surface area contributed by atoms with E-state index in [9.17, 15) is 0 Å². The van der Waals surface area contributed by atoms with E-state index in [1.165, 1.54) is 6.20 Å². The second kappa shape index (κ2) is 9.86. The standard InChI is InChI=1S/C23H28N8O2/c1-4-5-8-23(2,17-6-7-18(25-12-17)19-13-27-20(24)14-26-19)22-29-21(33-30-22)16-11-28-31(15-16)9-10-32-3/h6-7,11-15H,4-5,8-10H2,1-3H3,(H2,24,27)/t23-/m1/s1. The molecule has 0 spiro atoms. The highest BCUT2D eigenvalue weighted by atomic mass is 16.5. The lowest BCUT2D eigenvalue weighted by Gasteiger charge is -2.26. The Kier molecular flexibility index (Phi) is 6.74. The average Bonchev–Trinajstić information content (AvgIpc) is 3.52. The Hall–Kier alpha value is -3.66. The van der Waals surface area contributed by atoms with Crippen LogP contribution in [0.2, 0.25) is 0 Å². The molecular weight excluding hydrogens is 420 g/mol. The topological polar surface area (TPSA) is 131 Å². The summed E-state index contributed by atoms with van der Waals surface area (Å²) in [6.45, 7) is 5.52. The Labute approximate surface area is 192 Å². The summed E-state index contributed by atoms with van der Waals surface area (Å²) in [6.07, 6.45) is 11.5. The van der Waals surface area contributed by atoms with E-state index in [0.29, 0.717) is 36.4 Å². The molecule has 0 unspecified atom stereocenters. The number of anilines is 1. The number of unbranched alkanes of at least 4 members (excludes halogenated alkanes) is 1. The second-order valence-corrected chi connectivity index (χ2v) is 8.10. The van der Waals surface area contributed by atoms with Gasteiger partial charge in [-0.3, -0.25) is 9.67 Å². The number of nitrogens with two attached hydrogens (primary N) is 1. The maximum atomic E-state index is 5.64. The zero-order chi connectivity index (χ0) is 23.3. The Morgan fingerprint density at radius 1 is 1.09 bits per heavy atom. The normalized spacial score (nSPS) is 13.2. The smallest absolute Gasteiger partial charge is 0.261 e. The van der Waals surface area contributed by atoms with Crippen molar-refractivity contribution in [1.82, 2.24) is 34.9 Å². The van der Waals surface area contributed by atoms with Crippen LogP contribution in [0.1, 0.15) is 44.5 Å². The molecule has 0 saturated heterocycles. The van der Waals surface area contributed by atoms with Crippen LogP contribution in [0.3, 0.4) is 0 Å². The van der Waals surface area contributed by atoms with Crippen LogP contribution in [0, 0.1) is 0 Å². The van der Waals surface area contributed by atoms with Gasteiger partial charge in [-0.1, -0.05) is 31.0 Å². The van der Waals surface area contributed by atoms with Crippen molar-refractivity contribution in [3.63, 3.8) is 0 Å². The number of pyridine rings is 1. The minimum atomic E-state index is -0.456. The molecule has 10 nitrogen and oxygen atoms in total. The van der Waals surface area contributed by atoms with Crippen LogP contribution in [0.4, 0.5) is 5.82 Å². The molecule has 0 aliphatic rings. The number of aromatic nitrogens is 7. The Bertz CT molecular complexity index is 1170.